The highest BCUT2D eigenvalue weighted by Crippen LogP contribution is 2.15. The zero-order valence-corrected chi connectivity index (χ0v) is 12.2. The number of hydrogen-bond acceptors (Lipinski definition) is 1. The monoisotopic (exact) mass is 330 g/mol. The van der Waals surface area contributed by atoms with E-state index in [2.05, 4.69) is 60.7 Å². The summed E-state index contributed by atoms with van der Waals surface area (Å²) in [5, 5.41) is 0. The molecule has 1 nitrogen and oxygen atoms in total. The molecule has 0 atom stereocenters. The van der Waals surface area contributed by atoms with E-state index in [0.717, 1.165) is 25.7 Å². The molecule has 0 bridgehead atoms. The number of halogens is 1. The summed E-state index contributed by atoms with van der Waals surface area (Å²) in [5.74, 6) is 0.894. The first-order valence-corrected chi connectivity index (χ1v) is 6.92. The molecule has 0 amide bonds. The van der Waals surface area contributed by atoms with Crippen LogP contribution in [0.1, 0.15) is 38.7 Å². The Balaban J connectivity index is 2.31. The molecule has 0 saturated heterocycles. The van der Waals surface area contributed by atoms with Crippen LogP contribution in [0, 0.1) is 9.49 Å². The van der Waals surface area contributed by atoms with Crippen LogP contribution in [-0.4, -0.2) is 5.78 Å². The third-order valence-electron chi connectivity index (χ3n) is 2.50. The fraction of sp³-hybridized carbons (Fsp3) is 0.500. The molecule has 0 heterocycles. The van der Waals surface area contributed by atoms with E-state index in [1.165, 1.54) is 9.13 Å². The molecule has 2 heteroatoms. The van der Waals surface area contributed by atoms with Crippen LogP contribution in [-0.2, 0) is 11.2 Å². The van der Waals surface area contributed by atoms with Crippen molar-refractivity contribution in [1.82, 2.24) is 0 Å². The van der Waals surface area contributed by atoms with Gasteiger partial charge in [0.2, 0.25) is 0 Å². The van der Waals surface area contributed by atoms with Crippen molar-refractivity contribution in [2.75, 3.05) is 0 Å². The molecule has 0 aromatic heterocycles. The van der Waals surface area contributed by atoms with Crippen LogP contribution in [0.2, 0.25) is 0 Å². The van der Waals surface area contributed by atoms with Gasteiger partial charge in [-0.05, 0) is 53.0 Å². The van der Waals surface area contributed by atoms with Gasteiger partial charge in [0.25, 0.3) is 0 Å². The lowest BCUT2D eigenvalue weighted by molar-refractivity contribution is -0.119. The van der Waals surface area contributed by atoms with Crippen molar-refractivity contribution >= 4 is 28.4 Å². The minimum atomic E-state index is 0.404. The first kappa shape index (κ1) is 13.7. The largest absolute Gasteiger partial charge is 0.300 e. The number of benzene rings is 1. The maximum atomic E-state index is 11.5. The van der Waals surface area contributed by atoms with E-state index in [1.807, 2.05) is 0 Å². The Kier molecular flexibility index (Phi) is 6.03. The molecule has 0 aliphatic carbocycles. The van der Waals surface area contributed by atoms with Crippen LogP contribution in [0.3, 0.4) is 0 Å². The zero-order valence-electron chi connectivity index (χ0n) is 10.0. The van der Waals surface area contributed by atoms with Crippen molar-refractivity contribution in [3.8, 4) is 0 Å². The highest BCUT2D eigenvalue weighted by molar-refractivity contribution is 14.1. The third kappa shape index (κ3) is 5.10. The Morgan fingerprint density at radius 2 is 2.00 bits per heavy atom. The van der Waals surface area contributed by atoms with E-state index in [-0.39, 0.29) is 0 Å². The number of aryl methyl sites for hydroxylation is 1. The highest BCUT2D eigenvalue weighted by Gasteiger charge is 2.05. The summed E-state index contributed by atoms with van der Waals surface area (Å²) in [4.78, 5) is 11.5. The normalized spacial score (nSPS) is 10.8. The van der Waals surface area contributed by atoms with E-state index >= 15 is 0 Å². The summed E-state index contributed by atoms with van der Waals surface area (Å²) < 4.78 is 1.30. The van der Waals surface area contributed by atoms with Gasteiger partial charge in [-0.1, -0.05) is 32.0 Å². The fourth-order valence-electron chi connectivity index (χ4n) is 1.73. The van der Waals surface area contributed by atoms with Crippen molar-refractivity contribution in [2.45, 2.75) is 39.5 Å². The predicted molar refractivity (Wildman–Crippen MR) is 76.6 cm³/mol. The number of Topliss-reactive ketones (excluding diaryl/α,β-unsaturated/α-hetero) is 1. The number of carbonyl (C=O) groups is 1. The lowest BCUT2D eigenvalue weighted by Gasteiger charge is -2.05. The Labute approximate surface area is 112 Å². The minimum absolute atomic E-state index is 0.404. The van der Waals surface area contributed by atoms with Crippen LogP contribution in [0.4, 0.5) is 0 Å². The van der Waals surface area contributed by atoms with Gasteiger partial charge in [0.15, 0.2) is 0 Å². The number of ketones is 1. The van der Waals surface area contributed by atoms with Crippen LogP contribution in [0.5, 0.6) is 0 Å². The van der Waals surface area contributed by atoms with Crippen LogP contribution in [0.25, 0.3) is 0 Å². The van der Waals surface area contributed by atoms with Crippen molar-refractivity contribution < 1.29 is 4.79 Å². The van der Waals surface area contributed by atoms with Crippen molar-refractivity contribution in [2.24, 2.45) is 5.92 Å². The Morgan fingerprint density at radius 1 is 1.31 bits per heavy atom. The van der Waals surface area contributed by atoms with Crippen LogP contribution in [0.15, 0.2) is 24.3 Å². The standard InChI is InChI=1S/C14H19IO/c1-11(2)10-13(16)8-5-7-12-6-3-4-9-14(12)15/h3-4,6,9,11H,5,7-8,10H2,1-2H3. The molecule has 1 aromatic carbocycles. The van der Waals surface area contributed by atoms with Gasteiger partial charge in [-0.25, -0.2) is 0 Å². The summed E-state index contributed by atoms with van der Waals surface area (Å²) in [6.07, 6.45) is 3.45. The van der Waals surface area contributed by atoms with E-state index in [9.17, 15) is 4.79 Å². The fourth-order valence-corrected chi connectivity index (χ4v) is 2.39. The smallest absolute Gasteiger partial charge is 0.133 e. The van der Waals surface area contributed by atoms with Crippen LogP contribution >= 0.6 is 22.6 Å². The molecule has 0 N–H and O–H groups in total. The molecule has 0 aliphatic heterocycles. The van der Waals surface area contributed by atoms with E-state index < -0.39 is 0 Å². The van der Waals surface area contributed by atoms with E-state index in [1.54, 1.807) is 0 Å². The molecule has 0 saturated carbocycles. The van der Waals surface area contributed by atoms with Gasteiger partial charge < -0.3 is 0 Å². The maximum absolute atomic E-state index is 11.5. The lowest BCUT2D eigenvalue weighted by atomic mass is 10.0. The van der Waals surface area contributed by atoms with Crippen LogP contribution < -0.4 is 0 Å². The second-order valence-electron chi connectivity index (χ2n) is 4.58. The maximum Gasteiger partial charge on any atom is 0.133 e. The molecule has 88 valence electrons. The molecule has 0 fully saturated rings. The SMILES string of the molecule is CC(C)CC(=O)CCCc1ccccc1I. The second kappa shape index (κ2) is 7.05. The topological polar surface area (TPSA) is 17.1 Å². The molecule has 0 spiro atoms. The summed E-state index contributed by atoms with van der Waals surface area (Å²) in [7, 11) is 0. The van der Waals surface area contributed by atoms with Crippen molar-refractivity contribution in [3.63, 3.8) is 0 Å². The number of rotatable bonds is 6. The first-order chi connectivity index (χ1) is 7.59. The Bertz CT molecular complexity index is 344. The predicted octanol–water partition coefficient (Wildman–Crippen LogP) is 4.23. The molecular formula is C14H19IO. The van der Waals surface area contributed by atoms with Gasteiger partial charge in [0.1, 0.15) is 5.78 Å². The molecule has 16 heavy (non-hydrogen) atoms. The quantitative estimate of drug-likeness (QED) is 0.714. The van der Waals surface area contributed by atoms with E-state index in [0.29, 0.717) is 11.7 Å². The average Bonchev–Trinajstić information content (AvgIpc) is 2.19. The Hall–Kier alpha value is -0.380. The zero-order chi connectivity index (χ0) is 12.0. The van der Waals surface area contributed by atoms with E-state index in [4.69, 9.17) is 0 Å². The number of hydrogen-bond donors (Lipinski definition) is 0. The molecule has 0 unspecified atom stereocenters. The number of carbonyl (C=O) groups excluding carboxylic acids is 1. The van der Waals surface area contributed by atoms with Gasteiger partial charge in [-0.3, -0.25) is 4.79 Å². The average molecular weight is 330 g/mol. The molecule has 0 aliphatic rings. The molecule has 1 rings (SSSR count). The van der Waals surface area contributed by atoms with Gasteiger partial charge in [-0.2, -0.15) is 0 Å². The molecule has 1 aromatic rings. The highest BCUT2D eigenvalue weighted by atomic mass is 127. The third-order valence-corrected chi connectivity index (χ3v) is 3.55. The molecular weight excluding hydrogens is 311 g/mol. The van der Waals surface area contributed by atoms with Crippen molar-refractivity contribution in [3.05, 3.63) is 33.4 Å². The van der Waals surface area contributed by atoms with Gasteiger partial charge in [-0.15, -0.1) is 0 Å². The first-order valence-electron chi connectivity index (χ1n) is 5.84. The van der Waals surface area contributed by atoms with Gasteiger partial charge >= 0.3 is 0 Å². The second-order valence-corrected chi connectivity index (χ2v) is 5.74. The minimum Gasteiger partial charge on any atom is -0.300 e. The summed E-state index contributed by atoms with van der Waals surface area (Å²) >= 11 is 2.35. The summed E-state index contributed by atoms with van der Waals surface area (Å²) in [6.45, 7) is 4.19. The van der Waals surface area contributed by atoms with Gasteiger partial charge in [0, 0.05) is 16.4 Å². The summed E-state index contributed by atoms with van der Waals surface area (Å²) in [5.41, 5.74) is 1.36. The molecule has 0 radical (unpaired) electrons. The van der Waals surface area contributed by atoms with Crippen molar-refractivity contribution in [1.29, 1.82) is 0 Å². The Morgan fingerprint density at radius 3 is 2.62 bits per heavy atom. The van der Waals surface area contributed by atoms with Gasteiger partial charge in [0.05, 0.1) is 0 Å². The lowest BCUT2D eigenvalue weighted by Crippen LogP contribution is -2.03. The summed E-state index contributed by atoms with van der Waals surface area (Å²) in [6, 6.07) is 8.38.